The lowest BCUT2D eigenvalue weighted by atomic mass is 9.79. The van der Waals surface area contributed by atoms with E-state index in [0.717, 1.165) is 37.4 Å². The molecule has 1 aliphatic rings. The van der Waals surface area contributed by atoms with Crippen LogP contribution in [0.1, 0.15) is 54.5 Å². The van der Waals surface area contributed by atoms with E-state index in [1.54, 1.807) is 29.9 Å². The summed E-state index contributed by atoms with van der Waals surface area (Å²) >= 11 is 0. The number of pyridine rings is 1. The van der Waals surface area contributed by atoms with Crippen molar-refractivity contribution in [1.82, 2.24) is 29.9 Å². The third-order valence-electron chi connectivity index (χ3n) is 8.12. The first kappa shape index (κ1) is 31.6. The van der Waals surface area contributed by atoms with E-state index < -0.39 is 26.0 Å². The fraction of sp³-hybridized carbons (Fsp3) is 0.567. The number of aromatic nitrogens is 5. The van der Waals surface area contributed by atoms with Gasteiger partial charge in [-0.25, -0.2) is 9.67 Å². The third kappa shape index (κ3) is 7.71. The number of aryl methyl sites for hydroxylation is 2. The molecule has 0 saturated heterocycles. The van der Waals surface area contributed by atoms with Crippen LogP contribution in [0.4, 0.5) is 10.2 Å². The molecule has 10 nitrogen and oxygen atoms in total. The van der Waals surface area contributed by atoms with E-state index in [2.05, 4.69) is 52.4 Å². The summed E-state index contributed by atoms with van der Waals surface area (Å²) in [5.74, 6) is -0.876. The van der Waals surface area contributed by atoms with Crippen LogP contribution in [0, 0.1) is 31.6 Å². The number of halogens is 1. The van der Waals surface area contributed by atoms with Crippen LogP contribution < -0.4 is 10.6 Å². The number of ether oxygens (including phenoxy) is 1. The van der Waals surface area contributed by atoms with Crippen molar-refractivity contribution >= 4 is 25.7 Å². The second-order valence-electron chi connectivity index (χ2n) is 12.7. The minimum atomic E-state index is -1.20. The molecule has 228 valence electrons. The van der Waals surface area contributed by atoms with Gasteiger partial charge in [-0.1, -0.05) is 39.4 Å². The maximum absolute atomic E-state index is 15.4. The van der Waals surface area contributed by atoms with Crippen molar-refractivity contribution in [2.45, 2.75) is 84.9 Å². The SMILES string of the molecule is Cc1nn(COCC[Si](C)(C)C)c(C)c1-c1ccc(NC(=O)[C@@H](NC(=O)c2ccnn2C)[C@H]2CC[C@H](C)CC2)nc1F. The highest BCUT2D eigenvalue weighted by atomic mass is 28.3. The van der Waals surface area contributed by atoms with Crippen molar-refractivity contribution in [2.24, 2.45) is 18.9 Å². The molecule has 0 unspecified atom stereocenters. The molecule has 1 atom stereocenters. The van der Waals surface area contributed by atoms with E-state index in [4.69, 9.17) is 4.74 Å². The van der Waals surface area contributed by atoms with Gasteiger partial charge in [-0.2, -0.15) is 14.6 Å². The van der Waals surface area contributed by atoms with E-state index in [1.807, 2.05) is 13.8 Å². The molecule has 2 N–H and O–H groups in total. The Bertz CT molecular complexity index is 1410. The van der Waals surface area contributed by atoms with Crippen molar-refractivity contribution in [2.75, 3.05) is 11.9 Å². The van der Waals surface area contributed by atoms with Crippen molar-refractivity contribution in [3.63, 3.8) is 0 Å². The summed E-state index contributed by atoms with van der Waals surface area (Å²) in [6.45, 7) is 13.8. The van der Waals surface area contributed by atoms with Crippen molar-refractivity contribution in [3.05, 3.63) is 47.4 Å². The number of nitrogens with one attached hydrogen (secondary N) is 2. The summed E-state index contributed by atoms with van der Waals surface area (Å²) in [4.78, 5) is 30.6. The van der Waals surface area contributed by atoms with Crippen molar-refractivity contribution in [3.8, 4) is 11.1 Å². The maximum Gasteiger partial charge on any atom is 0.270 e. The molecule has 4 rings (SSSR count). The van der Waals surface area contributed by atoms with Crippen molar-refractivity contribution in [1.29, 1.82) is 0 Å². The Hall–Kier alpha value is -3.38. The van der Waals surface area contributed by atoms with E-state index in [9.17, 15) is 9.59 Å². The van der Waals surface area contributed by atoms with Crippen LogP contribution >= 0.6 is 0 Å². The van der Waals surface area contributed by atoms with E-state index in [0.29, 0.717) is 41.8 Å². The lowest BCUT2D eigenvalue weighted by molar-refractivity contribution is -0.119. The molecule has 3 aromatic heterocycles. The quantitative estimate of drug-likeness (QED) is 0.176. The first-order valence-electron chi connectivity index (χ1n) is 14.7. The summed E-state index contributed by atoms with van der Waals surface area (Å²) in [5.41, 5.74) is 2.77. The summed E-state index contributed by atoms with van der Waals surface area (Å²) in [7, 11) is 0.474. The summed E-state index contributed by atoms with van der Waals surface area (Å²) in [6.07, 6.45) is 5.13. The first-order chi connectivity index (χ1) is 19.8. The predicted octanol–water partition coefficient (Wildman–Crippen LogP) is 5.31. The van der Waals surface area contributed by atoms with Crippen LogP contribution in [-0.4, -0.2) is 57.1 Å². The molecule has 3 aromatic rings. The molecule has 0 bridgehead atoms. The molecular formula is C30H44FN7O3Si. The Morgan fingerprint density at radius 1 is 1.14 bits per heavy atom. The molecule has 0 spiro atoms. The molecule has 0 aliphatic heterocycles. The summed E-state index contributed by atoms with van der Waals surface area (Å²) in [5, 5.41) is 14.3. The minimum Gasteiger partial charge on any atom is -0.360 e. The second-order valence-corrected chi connectivity index (χ2v) is 18.3. The zero-order valence-corrected chi connectivity index (χ0v) is 26.8. The summed E-state index contributed by atoms with van der Waals surface area (Å²) < 4.78 is 24.5. The lowest BCUT2D eigenvalue weighted by Gasteiger charge is -2.32. The average Bonchev–Trinajstić information content (AvgIpc) is 3.47. The number of hydrogen-bond acceptors (Lipinski definition) is 6. The van der Waals surface area contributed by atoms with Gasteiger partial charge in [0.15, 0.2) is 0 Å². The molecule has 12 heteroatoms. The second kappa shape index (κ2) is 13.3. The smallest absolute Gasteiger partial charge is 0.270 e. The Labute approximate surface area is 248 Å². The first-order valence-corrected chi connectivity index (χ1v) is 18.4. The van der Waals surface area contributed by atoms with Gasteiger partial charge in [0.05, 0.1) is 5.69 Å². The van der Waals surface area contributed by atoms with Gasteiger partial charge in [-0.3, -0.25) is 14.3 Å². The normalized spacial score (nSPS) is 18.1. The monoisotopic (exact) mass is 597 g/mol. The molecule has 0 aromatic carbocycles. The fourth-order valence-corrected chi connectivity index (χ4v) is 6.22. The molecule has 1 aliphatic carbocycles. The molecule has 3 heterocycles. The topological polar surface area (TPSA) is 116 Å². The molecule has 2 amide bonds. The third-order valence-corrected chi connectivity index (χ3v) is 9.82. The molecular weight excluding hydrogens is 553 g/mol. The largest absolute Gasteiger partial charge is 0.360 e. The molecule has 0 radical (unpaired) electrons. The van der Waals surface area contributed by atoms with Crippen LogP contribution in [0.5, 0.6) is 0 Å². The number of rotatable bonds is 11. The van der Waals surface area contributed by atoms with Gasteiger partial charge in [0.1, 0.15) is 24.3 Å². The zero-order valence-electron chi connectivity index (χ0n) is 25.8. The van der Waals surface area contributed by atoms with Gasteiger partial charge in [0, 0.05) is 44.7 Å². The zero-order chi connectivity index (χ0) is 30.6. The van der Waals surface area contributed by atoms with Gasteiger partial charge >= 0.3 is 0 Å². The van der Waals surface area contributed by atoms with Crippen molar-refractivity contribution < 1.29 is 18.7 Å². The number of nitrogens with zero attached hydrogens (tertiary/aromatic N) is 5. The van der Waals surface area contributed by atoms with Gasteiger partial charge in [0.2, 0.25) is 11.9 Å². The summed E-state index contributed by atoms with van der Waals surface area (Å²) in [6, 6.07) is 5.07. The van der Waals surface area contributed by atoms with Gasteiger partial charge in [-0.05, 0) is 62.8 Å². The van der Waals surface area contributed by atoms with E-state index in [1.165, 1.54) is 10.9 Å². The number of hydrogen-bond donors (Lipinski definition) is 2. The molecule has 1 saturated carbocycles. The van der Waals surface area contributed by atoms with Gasteiger partial charge < -0.3 is 15.4 Å². The van der Waals surface area contributed by atoms with Crippen LogP contribution in [0.3, 0.4) is 0 Å². The number of amides is 2. The Morgan fingerprint density at radius 3 is 2.48 bits per heavy atom. The molecule has 1 fully saturated rings. The number of carbonyl (C=O) groups is 2. The average molecular weight is 598 g/mol. The van der Waals surface area contributed by atoms with E-state index >= 15 is 4.39 Å². The fourth-order valence-electron chi connectivity index (χ4n) is 5.46. The number of anilines is 1. The number of carbonyl (C=O) groups excluding carboxylic acids is 2. The van der Waals surface area contributed by atoms with Crippen LogP contribution in [0.2, 0.25) is 25.7 Å². The minimum absolute atomic E-state index is 0.0356. The van der Waals surface area contributed by atoms with Gasteiger partial charge in [-0.15, -0.1) is 0 Å². The van der Waals surface area contributed by atoms with Crippen LogP contribution in [0.25, 0.3) is 11.1 Å². The Balaban J connectivity index is 1.49. The van der Waals surface area contributed by atoms with Crippen LogP contribution in [0.15, 0.2) is 24.4 Å². The Morgan fingerprint density at radius 2 is 1.86 bits per heavy atom. The Kier molecular flexibility index (Phi) is 9.98. The van der Waals surface area contributed by atoms with Crippen LogP contribution in [-0.2, 0) is 23.3 Å². The lowest BCUT2D eigenvalue weighted by Crippen LogP contribution is -2.49. The van der Waals surface area contributed by atoms with E-state index in [-0.39, 0.29) is 17.6 Å². The standard InChI is InChI=1S/C30H44FN7O3Si/c1-19-8-10-22(11-9-19)27(35-29(39)24-14-15-32-37(24)4)30(40)34-25-13-12-23(28(31)33-25)26-20(2)36-38(21(26)3)18-41-16-17-42(5,6)7/h12-15,19,22,27H,8-11,16-18H2,1-7H3,(H,35,39)(H,33,34,40)/t19-,22-,27-/m0/s1. The highest BCUT2D eigenvalue weighted by molar-refractivity contribution is 6.76. The highest BCUT2D eigenvalue weighted by Crippen LogP contribution is 2.32. The molecule has 42 heavy (non-hydrogen) atoms. The maximum atomic E-state index is 15.4. The highest BCUT2D eigenvalue weighted by Gasteiger charge is 2.33. The predicted molar refractivity (Wildman–Crippen MR) is 163 cm³/mol. The van der Waals surface area contributed by atoms with Gasteiger partial charge in [0.25, 0.3) is 5.91 Å².